The minimum absolute atomic E-state index is 0. The van der Waals surface area contributed by atoms with E-state index in [0.29, 0.717) is 36.8 Å². The van der Waals surface area contributed by atoms with Crippen molar-refractivity contribution in [2.45, 2.75) is 45.6 Å². The maximum absolute atomic E-state index is 13.4. The van der Waals surface area contributed by atoms with Gasteiger partial charge in [0.25, 0.3) is 11.5 Å². The van der Waals surface area contributed by atoms with Crippen LogP contribution in [-0.4, -0.2) is 51.5 Å². The maximum Gasteiger partial charge on any atom is 0.330 e. The average Bonchev–Trinajstić information content (AvgIpc) is 3.50. The highest BCUT2D eigenvalue weighted by atomic mass is 35.5. The summed E-state index contributed by atoms with van der Waals surface area (Å²) in [6.07, 6.45) is 2.92. The van der Waals surface area contributed by atoms with E-state index < -0.39 is 11.2 Å². The molecule has 0 aromatic carbocycles. The average molecular weight is 458 g/mol. The Labute approximate surface area is 187 Å². The van der Waals surface area contributed by atoms with Gasteiger partial charge < -0.3 is 10.2 Å². The summed E-state index contributed by atoms with van der Waals surface area (Å²) in [4.78, 5) is 47.4. The second-order valence-electron chi connectivity index (χ2n) is 8.23. The van der Waals surface area contributed by atoms with Gasteiger partial charge in [-0.2, -0.15) is 0 Å². The van der Waals surface area contributed by atoms with Crippen LogP contribution in [-0.2, 0) is 6.54 Å². The van der Waals surface area contributed by atoms with Crippen molar-refractivity contribution in [2.75, 3.05) is 26.2 Å². The molecule has 0 bridgehead atoms. The molecule has 2 aromatic heterocycles. The van der Waals surface area contributed by atoms with Crippen LogP contribution in [0.5, 0.6) is 0 Å². The molecule has 1 aliphatic heterocycles. The van der Waals surface area contributed by atoms with E-state index in [2.05, 4.69) is 15.3 Å². The summed E-state index contributed by atoms with van der Waals surface area (Å²) in [6.45, 7) is 7.31. The van der Waals surface area contributed by atoms with Gasteiger partial charge >= 0.3 is 5.69 Å². The molecule has 0 unspecified atom stereocenters. The SMILES string of the molecule is CC(C)Cn1c(=O)[nH]c(=O)c2c(C(=O)N3CCCNCC3)cc(C3CC3)nc21.Cl.Cl. The molecular formula is C20H29Cl2N5O3. The van der Waals surface area contributed by atoms with Crippen molar-refractivity contribution >= 4 is 41.8 Å². The zero-order valence-corrected chi connectivity index (χ0v) is 18.9. The number of aromatic nitrogens is 3. The molecule has 4 rings (SSSR count). The fourth-order valence-corrected chi connectivity index (χ4v) is 3.80. The van der Waals surface area contributed by atoms with Crippen LogP contribution in [0.3, 0.4) is 0 Å². The fraction of sp³-hybridized carbons (Fsp3) is 0.600. The molecule has 1 saturated carbocycles. The molecule has 0 radical (unpaired) electrons. The first kappa shape index (κ1) is 24.4. The van der Waals surface area contributed by atoms with Gasteiger partial charge in [0.15, 0.2) is 5.65 Å². The molecule has 0 spiro atoms. The zero-order chi connectivity index (χ0) is 19.8. The van der Waals surface area contributed by atoms with Crippen molar-refractivity contribution in [3.63, 3.8) is 0 Å². The largest absolute Gasteiger partial charge is 0.337 e. The number of amides is 1. The van der Waals surface area contributed by atoms with Crippen molar-refractivity contribution in [1.29, 1.82) is 0 Å². The van der Waals surface area contributed by atoms with E-state index in [0.717, 1.165) is 38.0 Å². The topological polar surface area (TPSA) is 100 Å². The molecular weight excluding hydrogens is 429 g/mol. The van der Waals surface area contributed by atoms with Gasteiger partial charge in [-0.25, -0.2) is 9.78 Å². The van der Waals surface area contributed by atoms with Crippen molar-refractivity contribution in [3.05, 3.63) is 38.2 Å². The van der Waals surface area contributed by atoms with Gasteiger partial charge in [-0.15, -0.1) is 24.8 Å². The van der Waals surface area contributed by atoms with E-state index in [1.54, 1.807) is 11.0 Å². The monoisotopic (exact) mass is 457 g/mol. The summed E-state index contributed by atoms with van der Waals surface area (Å²) in [6, 6.07) is 1.78. The predicted molar refractivity (Wildman–Crippen MR) is 121 cm³/mol. The second-order valence-corrected chi connectivity index (χ2v) is 8.23. The third-order valence-electron chi connectivity index (χ3n) is 5.37. The lowest BCUT2D eigenvalue weighted by Crippen LogP contribution is -2.37. The van der Waals surface area contributed by atoms with Gasteiger partial charge in [-0.05, 0) is 37.8 Å². The van der Waals surface area contributed by atoms with Crippen LogP contribution in [0.1, 0.15) is 55.1 Å². The highest BCUT2D eigenvalue weighted by Gasteiger charge is 2.30. The standard InChI is InChI=1S/C20H27N5O3.2ClH/c1-12(2)11-25-17-16(18(26)23-20(25)28)14(10-15(22-17)13-4-5-13)19(27)24-8-3-6-21-7-9-24;;/h10,12-13,21H,3-9,11H2,1-2H3,(H,23,26,28);2*1H. The van der Waals surface area contributed by atoms with Gasteiger partial charge in [-0.3, -0.25) is 19.1 Å². The molecule has 0 atom stereocenters. The number of rotatable bonds is 4. The quantitative estimate of drug-likeness (QED) is 0.729. The Morgan fingerprint density at radius 1 is 1.20 bits per heavy atom. The van der Waals surface area contributed by atoms with Crippen LogP contribution in [0.15, 0.2) is 15.7 Å². The van der Waals surface area contributed by atoms with Crippen LogP contribution >= 0.6 is 24.8 Å². The molecule has 8 nitrogen and oxygen atoms in total. The van der Waals surface area contributed by atoms with Crippen molar-refractivity contribution in [3.8, 4) is 0 Å². The molecule has 2 fully saturated rings. The summed E-state index contributed by atoms with van der Waals surface area (Å²) in [5, 5.41) is 3.52. The van der Waals surface area contributed by atoms with Gasteiger partial charge in [0.2, 0.25) is 0 Å². The van der Waals surface area contributed by atoms with E-state index in [9.17, 15) is 14.4 Å². The number of H-pyrrole nitrogens is 1. The number of fused-ring (bicyclic) bond motifs is 1. The summed E-state index contributed by atoms with van der Waals surface area (Å²) < 4.78 is 1.51. The van der Waals surface area contributed by atoms with Crippen molar-refractivity contribution < 1.29 is 4.79 Å². The first-order chi connectivity index (χ1) is 13.5. The van der Waals surface area contributed by atoms with Crippen molar-refractivity contribution in [2.24, 2.45) is 5.92 Å². The van der Waals surface area contributed by atoms with E-state index in [1.807, 2.05) is 13.8 Å². The van der Waals surface area contributed by atoms with Crippen LogP contribution in [0.4, 0.5) is 0 Å². The second kappa shape index (κ2) is 9.94. The molecule has 2 aliphatic rings. The summed E-state index contributed by atoms with van der Waals surface area (Å²) in [5.74, 6) is 0.357. The van der Waals surface area contributed by atoms with E-state index in [-0.39, 0.29) is 42.0 Å². The highest BCUT2D eigenvalue weighted by molar-refractivity contribution is 6.05. The Morgan fingerprint density at radius 2 is 1.93 bits per heavy atom. The number of nitrogens with one attached hydrogen (secondary N) is 2. The van der Waals surface area contributed by atoms with Gasteiger partial charge in [0, 0.05) is 37.8 Å². The molecule has 1 amide bonds. The minimum atomic E-state index is -0.536. The summed E-state index contributed by atoms with van der Waals surface area (Å²) >= 11 is 0. The number of aromatic amines is 1. The van der Waals surface area contributed by atoms with Crippen LogP contribution in [0, 0.1) is 5.92 Å². The summed E-state index contributed by atoms with van der Waals surface area (Å²) in [7, 11) is 0. The molecule has 2 aromatic rings. The number of halogens is 2. The number of carbonyl (C=O) groups is 1. The molecule has 2 N–H and O–H groups in total. The van der Waals surface area contributed by atoms with Gasteiger partial charge in [-0.1, -0.05) is 13.8 Å². The van der Waals surface area contributed by atoms with Gasteiger partial charge in [0.1, 0.15) is 0 Å². The van der Waals surface area contributed by atoms with Crippen LogP contribution < -0.4 is 16.6 Å². The Bertz CT molecular complexity index is 1020. The first-order valence-corrected chi connectivity index (χ1v) is 10.1. The molecule has 166 valence electrons. The van der Waals surface area contributed by atoms with Crippen molar-refractivity contribution in [1.82, 2.24) is 24.8 Å². The fourth-order valence-electron chi connectivity index (χ4n) is 3.80. The van der Waals surface area contributed by atoms with E-state index >= 15 is 0 Å². The lowest BCUT2D eigenvalue weighted by atomic mass is 10.1. The Hall–Kier alpha value is -1.90. The van der Waals surface area contributed by atoms with Crippen LogP contribution in [0.2, 0.25) is 0 Å². The van der Waals surface area contributed by atoms with E-state index in [4.69, 9.17) is 0 Å². The molecule has 10 heteroatoms. The molecule has 3 heterocycles. The van der Waals surface area contributed by atoms with E-state index in [1.165, 1.54) is 4.57 Å². The smallest absolute Gasteiger partial charge is 0.330 e. The number of hydrogen-bond acceptors (Lipinski definition) is 5. The predicted octanol–water partition coefficient (Wildman–Crippen LogP) is 1.90. The third-order valence-corrected chi connectivity index (χ3v) is 5.37. The highest BCUT2D eigenvalue weighted by Crippen LogP contribution is 2.40. The summed E-state index contributed by atoms with van der Waals surface area (Å²) in [5.41, 5.74) is 0.511. The Kier molecular flexibility index (Phi) is 8.07. The molecule has 1 saturated heterocycles. The van der Waals surface area contributed by atoms with Crippen LogP contribution in [0.25, 0.3) is 11.0 Å². The molecule has 1 aliphatic carbocycles. The third kappa shape index (κ3) is 4.87. The number of hydrogen-bond donors (Lipinski definition) is 2. The molecule has 30 heavy (non-hydrogen) atoms. The number of nitrogens with zero attached hydrogens (tertiary/aromatic N) is 3. The van der Waals surface area contributed by atoms with Gasteiger partial charge in [0.05, 0.1) is 10.9 Å². The lowest BCUT2D eigenvalue weighted by Gasteiger charge is -2.21. The number of pyridine rings is 1. The normalized spacial score (nSPS) is 16.7. The first-order valence-electron chi connectivity index (χ1n) is 10.1. The Morgan fingerprint density at radius 3 is 2.60 bits per heavy atom. The Balaban J connectivity index is 0.00000160. The minimum Gasteiger partial charge on any atom is -0.337 e. The lowest BCUT2D eigenvalue weighted by molar-refractivity contribution is 0.0768. The maximum atomic E-state index is 13.4. The zero-order valence-electron chi connectivity index (χ0n) is 17.3. The number of carbonyl (C=O) groups excluding carboxylic acids is 1.